The highest BCUT2D eigenvalue weighted by Crippen LogP contribution is 1.99. The van der Waals surface area contributed by atoms with Crippen molar-refractivity contribution in [2.75, 3.05) is 12.4 Å². The average molecular weight is 208 g/mol. The lowest BCUT2D eigenvalue weighted by molar-refractivity contribution is 0.357. The highest BCUT2D eigenvalue weighted by atomic mass is 32.8. The molecule has 0 aliphatic rings. The van der Waals surface area contributed by atoms with Crippen LogP contribution in [-0.4, -0.2) is 12.4 Å². The molecule has 0 saturated carbocycles. The molecule has 1 nitrogen and oxygen atoms in total. The van der Waals surface area contributed by atoms with Crippen LogP contribution in [0.4, 0.5) is 0 Å². The van der Waals surface area contributed by atoms with Gasteiger partial charge in [-0.15, -0.1) is 0 Å². The molecule has 0 rings (SSSR count). The third kappa shape index (κ3) is 8.62. The molecule has 3 heteroatoms. The summed E-state index contributed by atoms with van der Waals surface area (Å²) in [5.74, 6) is 1.08. The molecule has 0 amide bonds. The van der Waals surface area contributed by atoms with Gasteiger partial charge in [-0.1, -0.05) is 33.1 Å². The molecular formula is C9H20OS2. The second-order valence-corrected chi connectivity index (χ2v) is 5.26. The van der Waals surface area contributed by atoms with Gasteiger partial charge in [0.1, 0.15) is 0 Å². The minimum absolute atomic E-state index is 0.190. The van der Waals surface area contributed by atoms with Crippen molar-refractivity contribution in [1.82, 2.24) is 0 Å². The molecule has 0 spiro atoms. The predicted molar refractivity (Wildman–Crippen MR) is 60.0 cm³/mol. The van der Waals surface area contributed by atoms with E-state index in [0.717, 1.165) is 18.8 Å². The summed E-state index contributed by atoms with van der Waals surface area (Å²) in [6.07, 6.45) is 6.13. The molecule has 12 heavy (non-hydrogen) atoms. The van der Waals surface area contributed by atoms with E-state index in [9.17, 15) is 0 Å². The maximum absolute atomic E-state index is 5.47. The molecule has 0 radical (unpaired) electrons. The van der Waals surface area contributed by atoms with E-state index < -0.39 is 0 Å². The van der Waals surface area contributed by atoms with Crippen molar-refractivity contribution in [3.63, 3.8) is 0 Å². The van der Waals surface area contributed by atoms with E-state index in [4.69, 9.17) is 15.4 Å². The Kier molecular flexibility index (Phi) is 10.0. The first kappa shape index (κ1) is 12.5. The van der Waals surface area contributed by atoms with E-state index >= 15 is 0 Å². The summed E-state index contributed by atoms with van der Waals surface area (Å²) in [7, 11) is -0.190. The van der Waals surface area contributed by atoms with Gasteiger partial charge in [-0.05, 0) is 24.0 Å². The van der Waals surface area contributed by atoms with Gasteiger partial charge >= 0.3 is 0 Å². The first-order chi connectivity index (χ1) is 5.81. The Morgan fingerprint density at radius 3 is 2.33 bits per heavy atom. The van der Waals surface area contributed by atoms with Crippen molar-refractivity contribution >= 4 is 20.9 Å². The standard InChI is InChI=1S/C9H20OS2/c1-3-5-7-9-12(11)10-8-6-4-2/h3-9H2,1-2H3. The van der Waals surface area contributed by atoms with Crippen molar-refractivity contribution in [1.29, 1.82) is 0 Å². The van der Waals surface area contributed by atoms with Crippen molar-refractivity contribution in [2.24, 2.45) is 0 Å². The first-order valence-corrected chi connectivity index (χ1v) is 7.07. The van der Waals surface area contributed by atoms with Crippen LogP contribution in [0.3, 0.4) is 0 Å². The Balaban J connectivity index is 3.10. The second-order valence-electron chi connectivity index (χ2n) is 2.89. The van der Waals surface area contributed by atoms with Crippen LogP contribution < -0.4 is 0 Å². The summed E-state index contributed by atoms with van der Waals surface area (Å²) in [5.41, 5.74) is 0. The van der Waals surface area contributed by atoms with Gasteiger partial charge in [0.15, 0.2) is 0 Å². The lowest BCUT2D eigenvalue weighted by atomic mass is 10.3. The topological polar surface area (TPSA) is 9.23 Å². The molecular weight excluding hydrogens is 188 g/mol. The lowest BCUT2D eigenvalue weighted by Crippen LogP contribution is -2.02. The Bertz CT molecular complexity index is 103. The molecule has 0 aromatic heterocycles. The maximum atomic E-state index is 5.47. The summed E-state index contributed by atoms with van der Waals surface area (Å²) < 4.78 is 5.47. The SMILES string of the molecule is CCCCCS(=S)OCCCC. The fourth-order valence-corrected chi connectivity index (χ4v) is 2.24. The largest absolute Gasteiger partial charge is 0.312 e. The fourth-order valence-electron chi connectivity index (χ4n) is 0.825. The van der Waals surface area contributed by atoms with Crippen LogP contribution in [0.25, 0.3) is 0 Å². The summed E-state index contributed by atoms with van der Waals surface area (Å²) >= 11 is 5.17. The second kappa shape index (κ2) is 9.62. The smallest absolute Gasteiger partial charge is 0.0616 e. The predicted octanol–water partition coefficient (Wildman–Crippen LogP) is 2.99. The van der Waals surface area contributed by atoms with Crippen LogP contribution in [0.2, 0.25) is 0 Å². The Morgan fingerprint density at radius 2 is 1.75 bits per heavy atom. The van der Waals surface area contributed by atoms with E-state index in [1.54, 1.807) is 0 Å². The van der Waals surface area contributed by atoms with Gasteiger partial charge in [-0.25, -0.2) is 0 Å². The zero-order valence-electron chi connectivity index (χ0n) is 8.17. The van der Waals surface area contributed by atoms with Crippen LogP contribution >= 0.6 is 0 Å². The third-order valence-electron chi connectivity index (χ3n) is 1.63. The zero-order chi connectivity index (χ0) is 9.23. The highest BCUT2D eigenvalue weighted by molar-refractivity contribution is 8.26. The normalized spacial score (nSPS) is 13.2. The molecule has 0 saturated heterocycles. The minimum atomic E-state index is -0.190. The first-order valence-electron chi connectivity index (χ1n) is 4.82. The third-order valence-corrected chi connectivity index (χ3v) is 3.47. The number of hydrogen-bond acceptors (Lipinski definition) is 2. The van der Waals surface area contributed by atoms with Crippen LogP contribution in [0.15, 0.2) is 0 Å². The lowest BCUT2D eigenvalue weighted by Gasteiger charge is -2.04. The molecule has 1 unspecified atom stereocenters. The quantitative estimate of drug-likeness (QED) is 0.567. The number of hydrogen-bond donors (Lipinski definition) is 0. The average Bonchev–Trinajstić information content (AvgIpc) is 2.06. The Morgan fingerprint density at radius 1 is 1.08 bits per heavy atom. The number of rotatable bonds is 8. The van der Waals surface area contributed by atoms with Gasteiger partial charge in [0.05, 0.1) is 6.61 Å². The van der Waals surface area contributed by atoms with Crippen LogP contribution in [0.5, 0.6) is 0 Å². The van der Waals surface area contributed by atoms with Gasteiger partial charge < -0.3 is 4.18 Å². The van der Waals surface area contributed by atoms with E-state index in [1.807, 2.05) is 0 Å². The molecule has 0 N–H and O–H groups in total. The van der Waals surface area contributed by atoms with Gasteiger partial charge in [0.25, 0.3) is 0 Å². The van der Waals surface area contributed by atoms with Crippen molar-refractivity contribution in [3.8, 4) is 0 Å². The fraction of sp³-hybridized carbons (Fsp3) is 1.00. The Labute approximate surface area is 83.7 Å². The van der Waals surface area contributed by atoms with Crippen molar-refractivity contribution in [2.45, 2.75) is 46.0 Å². The molecule has 0 aliphatic heterocycles. The van der Waals surface area contributed by atoms with E-state index in [0.29, 0.717) is 0 Å². The van der Waals surface area contributed by atoms with Crippen molar-refractivity contribution < 1.29 is 4.18 Å². The van der Waals surface area contributed by atoms with E-state index in [2.05, 4.69) is 13.8 Å². The van der Waals surface area contributed by atoms with Crippen LogP contribution in [0, 0.1) is 0 Å². The van der Waals surface area contributed by atoms with Gasteiger partial charge in [0.2, 0.25) is 0 Å². The molecule has 0 aliphatic carbocycles. The molecule has 0 aromatic carbocycles. The summed E-state index contributed by atoms with van der Waals surface area (Å²) in [6.45, 7) is 5.23. The molecule has 0 heterocycles. The monoisotopic (exact) mass is 208 g/mol. The van der Waals surface area contributed by atoms with E-state index in [-0.39, 0.29) is 9.74 Å². The number of unbranched alkanes of at least 4 members (excludes halogenated alkanes) is 3. The summed E-state index contributed by atoms with van der Waals surface area (Å²) in [4.78, 5) is 0. The maximum Gasteiger partial charge on any atom is 0.0616 e. The molecule has 0 fully saturated rings. The van der Waals surface area contributed by atoms with Crippen molar-refractivity contribution in [3.05, 3.63) is 0 Å². The Hall–Kier alpha value is 0.530. The molecule has 0 bridgehead atoms. The van der Waals surface area contributed by atoms with Crippen LogP contribution in [-0.2, 0) is 25.1 Å². The van der Waals surface area contributed by atoms with Gasteiger partial charge in [-0.3, -0.25) is 0 Å². The zero-order valence-corrected chi connectivity index (χ0v) is 9.81. The van der Waals surface area contributed by atoms with Gasteiger partial charge in [-0.2, -0.15) is 0 Å². The van der Waals surface area contributed by atoms with Gasteiger partial charge in [0, 0.05) is 15.5 Å². The molecule has 74 valence electrons. The highest BCUT2D eigenvalue weighted by Gasteiger charge is 1.94. The minimum Gasteiger partial charge on any atom is -0.312 e. The molecule has 0 aromatic rings. The summed E-state index contributed by atoms with van der Waals surface area (Å²) in [5, 5.41) is 0. The van der Waals surface area contributed by atoms with Crippen LogP contribution in [0.1, 0.15) is 46.0 Å². The summed E-state index contributed by atoms with van der Waals surface area (Å²) in [6, 6.07) is 0. The molecule has 1 atom stereocenters. The van der Waals surface area contributed by atoms with E-state index in [1.165, 1.54) is 25.7 Å².